The van der Waals surface area contributed by atoms with Crippen LogP contribution in [0.5, 0.6) is 0 Å². The second-order valence-electron chi connectivity index (χ2n) is 5.39. The predicted molar refractivity (Wildman–Crippen MR) is 66.9 cm³/mol. The van der Waals surface area contributed by atoms with Crippen LogP contribution >= 0.6 is 0 Å². The maximum absolute atomic E-state index is 11.8. The molecule has 1 unspecified atom stereocenters. The van der Waals surface area contributed by atoms with Crippen molar-refractivity contribution in [1.29, 1.82) is 0 Å². The lowest BCUT2D eigenvalue weighted by atomic mass is 9.92. The summed E-state index contributed by atoms with van der Waals surface area (Å²) >= 11 is 0. The van der Waals surface area contributed by atoms with Gasteiger partial charge < -0.3 is 9.64 Å². The largest absolute Gasteiger partial charge is 0.466 e. The first kappa shape index (κ1) is 12.8. The second kappa shape index (κ2) is 5.36. The van der Waals surface area contributed by atoms with E-state index in [9.17, 15) is 4.79 Å². The molecule has 2 aliphatic rings. The lowest BCUT2D eigenvalue weighted by Crippen LogP contribution is -2.50. The molecule has 17 heavy (non-hydrogen) atoms. The van der Waals surface area contributed by atoms with E-state index in [2.05, 4.69) is 16.8 Å². The van der Waals surface area contributed by atoms with Crippen LogP contribution < -0.4 is 0 Å². The van der Waals surface area contributed by atoms with Gasteiger partial charge in [0.05, 0.1) is 13.0 Å². The third-order valence-electron chi connectivity index (χ3n) is 4.08. The van der Waals surface area contributed by atoms with Crippen LogP contribution in [-0.2, 0) is 9.53 Å². The van der Waals surface area contributed by atoms with E-state index in [1.807, 2.05) is 6.92 Å². The smallest absolute Gasteiger partial charge is 0.307 e. The van der Waals surface area contributed by atoms with Crippen LogP contribution in [0.1, 0.15) is 32.6 Å². The van der Waals surface area contributed by atoms with Crippen molar-refractivity contribution >= 4 is 5.97 Å². The quantitative estimate of drug-likeness (QED) is 0.689. The van der Waals surface area contributed by atoms with Gasteiger partial charge in [-0.1, -0.05) is 0 Å². The zero-order valence-corrected chi connectivity index (χ0v) is 11.1. The number of likely N-dealkylation sites (N-methyl/N-ethyl adjacent to an activating group) is 1. The monoisotopic (exact) mass is 240 g/mol. The van der Waals surface area contributed by atoms with Crippen molar-refractivity contribution in [2.45, 2.75) is 38.1 Å². The van der Waals surface area contributed by atoms with Gasteiger partial charge in [0.25, 0.3) is 0 Å². The fraction of sp³-hybridized carbons (Fsp3) is 0.923. The normalized spacial score (nSPS) is 30.9. The van der Waals surface area contributed by atoms with Crippen molar-refractivity contribution in [3.63, 3.8) is 0 Å². The van der Waals surface area contributed by atoms with Crippen LogP contribution in [0, 0.1) is 0 Å². The molecule has 1 atom stereocenters. The highest BCUT2D eigenvalue weighted by Crippen LogP contribution is 2.33. The Kier molecular flexibility index (Phi) is 4.05. The Morgan fingerprint density at radius 2 is 2.00 bits per heavy atom. The topological polar surface area (TPSA) is 32.8 Å². The molecule has 0 aromatic heterocycles. The number of hydrogen-bond acceptors (Lipinski definition) is 4. The highest BCUT2D eigenvalue weighted by atomic mass is 16.5. The van der Waals surface area contributed by atoms with Crippen LogP contribution in [-0.4, -0.2) is 61.1 Å². The standard InChI is InChI=1S/C13H24N2O2/c1-3-17-12(16)10-13(6-9-14(2)11-13)15-7-4-5-8-15/h3-11H2,1-2H3. The molecule has 0 amide bonds. The fourth-order valence-corrected chi connectivity index (χ4v) is 3.25. The minimum absolute atomic E-state index is 0.0327. The summed E-state index contributed by atoms with van der Waals surface area (Å²) in [6, 6.07) is 0. The molecule has 0 spiro atoms. The van der Waals surface area contributed by atoms with Crippen molar-refractivity contribution in [2.24, 2.45) is 0 Å². The van der Waals surface area contributed by atoms with Crippen LogP contribution in [0.4, 0.5) is 0 Å². The number of hydrogen-bond donors (Lipinski definition) is 0. The molecule has 2 aliphatic heterocycles. The Labute approximate surface area is 104 Å². The summed E-state index contributed by atoms with van der Waals surface area (Å²) in [6.07, 6.45) is 4.20. The van der Waals surface area contributed by atoms with Crippen molar-refractivity contribution in [3.8, 4) is 0 Å². The van der Waals surface area contributed by atoms with Gasteiger partial charge in [0.15, 0.2) is 0 Å². The molecule has 2 saturated heterocycles. The predicted octanol–water partition coefficient (Wildman–Crippen LogP) is 1.11. The first-order valence-corrected chi connectivity index (χ1v) is 6.75. The minimum Gasteiger partial charge on any atom is -0.466 e. The molecule has 0 aromatic rings. The van der Waals surface area contributed by atoms with Crippen LogP contribution in [0.3, 0.4) is 0 Å². The Bertz CT molecular complexity index is 277. The van der Waals surface area contributed by atoms with Crippen LogP contribution in [0.2, 0.25) is 0 Å². The fourth-order valence-electron chi connectivity index (χ4n) is 3.25. The molecule has 0 aliphatic carbocycles. The number of carbonyl (C=O) groups is 1. The molecule has 0 saturated carbocycles. The third kappa shape index (κ3) is 2.80. The molecule has 2 heterocycles. The summed E-state index contributed by atoms with van der Waals surface area (Å²) in [5, 5.41) is 0. The molecule has 4 nitrogen and oxygen atoms in total. The second-order valence-corrected chi connectivity index (χ2v) is 5.39. The van der Waals surface area contributed by atoms with Crippen LogP contribution in [0.25, 0.3) is 0 Å². The van der Waals surface area contributed by atoms with E-state index in [0.29, 0.717) is 13.0 Å². The summed E-state index contributed by atoms with van der Waals surface area (Å²) in [5.74, 6) is -0.0327. The number of rotatable bonds is 4. The minimum atomic E-state index is -0.0327. The summed E-state index contributed by atoms with van der Waals surface area (Å²) in [5.41, 5.74) is 0.0531. The summed E-state index contributed by atoms with van der Waals surface area (Å²) in [7, 11) is 2.14. The molecule has 0 bridgehead atoms. The van der Waals surface area contributed by atoms with Crippen molar-refractivity contribution in [2.75, 3.05) is 39.8 Å². The van der Waals surface area contributed by atoms with Crippen molar-refractivity contribution in [1.82, 2.24) is 9.80 Å². The van der Waals surface area contributed by atoms with E-state index in [1.165, 1.54) is 12.8 Å². The summed E-state index contributed by atoms with van der Waals surface area (Å²) in [6.45, 7) is 6.76. The van der Waals surface area contributed by atoms with Crippen molar-refractivity contribution in [3.05, 3.63) is 0 Å². The highest BCUT2D eigenvalue weighted by Gasteiger charge is 2.44. The average molecular weight is 240 g/mol. The number of esters is 1. The third-order valence-corrected chi connectivity index (χ3v) is 4.08. The van der Waals surface area contributed by atoms with Gasteiger partial charge >= 0.3 is 5.97 Å². The number of ether oxygens (including phenoxy) is 1. The molecule has 2 fully saturated rings. The van der Waals surface area contributed by atoms with Gasteiger partial charge in [0, 0.05) is 12.1 Å². The molecule has 0 aromatic carbocycles. The van der Waals surface area contributed by atoms with Crippen LogP contribution in [0.15, 0.2) is 0 Å². The van der Waals surface area contributed by atoms with Gasteiger partial charge in [0.2, 0.25) is 0 Å². The molecule has 0 N–H and O–H groups in total. The first-order valence-electron chi connectivity index (χ1n) is 6.75. The number of likely N-dealkylation sites (tertiary alicyclic amines) is 2. The zero-order chi connectivity index (χ0) is 12.3. The van der Waals surface area contributed by atoms with E-state index in [-0.39, 0.29) is 11.5 Å². The molecular formula is C13H24N2O2. The lowest BCUT2D eigenvalue weighted by molar-refractivity contribution is -0.146. The molecule has 2 rings (SSSR count). The highest BCUT2D eigenvalue weighted by molar-refractivity contribution is 5.71. The number of nitrogens with zero attached hydrogens (tertiary/aromatic N) is 2. The Balaban J connectivity index is 2.04. The van der Waals surface area contributed by atoms with E-state index in [0.717, 1.165) is 32.6 Å². The maximum atomic E-state index is 11.8. The van der Waals surface area contributed by atoms with Crippen molar-refractivity contribution < 1.29 is 9.53 Å². The Morgan fingerprint density at radius 1 is 1.29 bits per heavy atom. The maximum Gasteiger partial charge on any atom is 0.307 e. The zero-order valence-electron chi connectivity index (χ0n) is 11.1. The van der Waals surface area contributed by atoms with E-state index < -0.39 is 0 Å². The summed E-state index contributed by atoms with van der Waals surface area (Å²) < 4.78 is 5.14. The Hall–Kier alpha value is -0.610. The van der Waals surface area contributed by atoms with Gasteiger partial charge in [-0.15, -0.1) is 0 Å². The van der Waals surface area contributed by atoms with Gasteiger partial charge in [-0.3, -0.25) is 9.69 Å². The molecule has 98 valence electrons. The van der Waals surface area contributed by atoms with Gasteiger partial charge in [-0.25, -0.2) is 0 Å². The Morgan fingerprint density at radius 3 is 2.53 bits per heavy atom. The molecular weight excluding hydrogens is 216 g/mol. The van der Waals surface area contributed by atoms with Gasteiger partial charge in [-0.2, -0.15) is 0 Å². The molecule has 4 heteroatoms. The van der Waals surface area contributed by atoms with E-state index in [4.69, 9.17) is 4.74 Å². The van der Waals surface area contributed by atoms with E-state index in [1.54, 1.807) is 0 Å². The number of carbonyl (C=O) groups excluding carboxylic acids is 1. The summed E-state index contributed by atoms with van der Waals surface area (Å²) in [4.78, 5) is 16.7. The lowest BCUT2D eigenvalue weighted by Gasteiger charge is -2.37. The molecule has 0 radical (unpaired) electrons. The van der Waals surface area contributed by atoms with Gasteiger partial charge in [0.1, 0.15) is 0 Å². The average Bonchev–Trinajstić information content (AvgIpc) is 2.88. The van der Waals surface area contributed by atoms with Gasteiger partial charge in [-0.05, 0) is 52.9 Å². The SMILES string of the molecule is CCOC(=O)CC1(N2CCCC2)CCN(C)C1. The first-order chi connectivity index (χ1) is 8.16. The van der Waals surface area contributed by atoms with E-state index >= 15 is 0 Å².